The number of aliphatic hydroxyl groups excluding tert-OH is 1. The van der Waals surface area contributed by atoms with E-state index in [1.165, 1.54) is 13.0 Å². The van der Waals surface area contributed by atoms with Gasteiger partial charge in [0, 0.05) is 30.4 Å². The van der Waals surface area contributed by atoms with Crippen molar-refractivity contribution in [3.63, 3.8) is 0 Å². The van der Waals surface area contributed by atoms with Crippen LogP contribution < -0.4 is 20.9 Å². The largest absolute Gasteiger partial charge is 0.462 e. The molecule has 4 rings (SSSR count). The van der Waals surface area contributed by atoms with Crippen LogP contribution in [0.15, 0.2) is 40.1 Å². The van der Waals surface area contributed by atoms with Gasteiger partial charge in [0.15, 0.2) is 23.5 Å². The van der Waals surface area contributed by atoms with E-state index in [-0.39, 0.29) is 5.39 Å². The van der Waals surface area contributed by atoms with Crippen molar-refractivity contribution in [2.45, 2.75) is 70.9 Å². The number of aliphatic hydroxyl groups is 1. The first-order valence-electron chi connectivity index (χ1n) is 13.0. The summed E-state index contributed by atoms with van der Waals surface area (Å²) in [5.74, 6) is -2.11. The molecule has 3 aromatic rings. The monoisotopic (exact) mass is 614 g/mol. The SMILES string of the molecule is Cc1cc2c(F)c(O[P@](=O)(N[C@@H](C)C(=O)OC(C)C)OC[C@H]3O[C@@H](n4ccc(=O)[nH]c4=O)[C@](C)(F)[C@@H]3O)ccc2n1C. The molecule has 1 saturated heterocycles. The van der Waals surface area contributed by atoms with Crippen LogP contribution in [0.4, 0.5) is 8.78 Å². The first kappa shape index (κ1) is 31.6. The third-order valence-electron chi connectivity index (χ3n) is 6.87. The second-order valence-corrected chi connectivity index (χ2v) is 12.2. The lowest BCUT2D eigenvalue weighted by Crippen LogP contribution is -2.43. The summed E-state index contributed by atoms with van der Waals surface area (Å²) in [6, 6.07) is 4.07. The zero-order valence-corrected chi connectivity index (χ0v) is 24.7. The van der Waals surface area contributed by atoms with Crippen molar-refractivity contribution in [3.05, 3.63) is 62.8 Å². The van der Waals surface area contributed by atoms with E-state index in [9.17, 15) is 24.1 Å². The maximum Gasteiger partial charge on any atom is 0.459 e. The molecule has 42 heavy (non-hydrogen) atoms. The maximum absolute atomic E-state index is 15.6. The van der Waals surface area contributed by atoms with Crippen molar-refractivity contribution in [1.82, 2.24) is 19.2 Å². The molecule has 2 aromatic heterocycles. The third kappa shape index (κ3) is 6.20. The molecular formula is C26H33F2N4O9P. The Kier molecular flexibility index (Phi) is 8.82. The summed E-state index contributed by atoms with van der Waals surface area (Å²) in [6.07, 6.45) is -4.61. The Morgan fingerprint density at radius 2 is 1.98 bits per heavy atom. The van der Waals surface area contributed by atoms with E-state index in [0.29, 0.717) is 5.52 Å². The molecule has 1 fully saturated rings. The Balaban J connectivity index is 1.62. The number of H-pyrrole nitrogens is 1. The highest BCUT2D eigenvalue weighted by molar-refractivity contribution is 7.52. The smallest absolute Gasteiger partial charge is 0.459 e. The van der Waals surface area contributed by atoms with Gasteiger partial charge in [-0.15, -0.1) is 0 Å². The van der Waals surface area contributed by atoms with E-state index in [1.807, 2.05) is 4.98 Å². The number of carbonyl (C=O) groups excluding carboxylic acids is 1. The van der Waals surface area contributed by atoms with Gasteiger partial charge in [-0.05, 0) is 52.8 Å². The van der Waals surface area contributed by atoms with E-state index in [1.54, 1.807) is 44.5 Å². The number of aromatic nitrogens is 3. The number of hydrogen-bond donors (Lipinski definition) is 3. The van der Waals surface area contributed by atoms with Gasteiger partial charge in [-0.3, -0.25) is 23.7 Å². The van der Waals surface area contributed by atoms with Gasteiger partial charge in [-0.2, -0.15) is 5.09 Å². The Morgan fingerprint density at radius 1 is 1.29 bits per heavy atom. The van der Waals surface area contributed by atoms with Crippen LogP contribution in [-0.2, 0) is 30.4 Å². The van der Waals surface area contributed by atoms with Crippen molar-refractivity contribution in [2.24, 2.45) is 7.05 Å². The number of nitrogens with one attached hydrogen (secondary N) is 2. The number of halogens is 2. The highest BCUT2D eigenvalue weighted by Crippen LogP contribution is 2.48. The van der Waals surface area contributed by atoms with Crippen LogP contribution in [0.25, 0.3) is 10.9 Å². The summed E-state index contributed by atoms with van der Waals surface area (Å²) in [4.78, 5) is 38.1. The van der Waals surface area contributed by atoms with Crippen molar-refractivity contribution in [2.75, 3.05) is 6.61 Å². The third-order valence-corrected chi connectivity index (χ3v) is 8.50. The lowest BCUT2D eigenvalue weighted by Gasteiger charge is -2.25. The maximum atomic E-state index is 15.6. The molecule has 1 aromatic carbocycles. The molecule has 1 aliphatic heterocycles. The number of hydrogen-bond acceptors (Lipinski definition) is 9. The molecular weight excluding hydrogens is 581 g/mol. The number of carbonyl (C=O) groups is 1. The Labute approximate surface area is 238 Å². The summed E-state index contributed by atoms with van der Waals surface area (Å²) in [6.45, 7) is 6.52. The minimum Gasteiger partial charge on any atom is -0.462 e. The number of esters is 1. The number of aromatic amines is 1. The predicted octanol–water partition coefficient (Wildman–Crippen LogP) is 2.60. The first-order chi connectivity index (χ1) is 19.5. The number of benzene rings is 1. The number of alkyl halides is 1. The number of fused-ring (bicyclic) bond motifs is 1. The molecule has 0 radical (unpaired) electrons. The average molecular weight is 615 g/mol. The van der Waals surface area contributed by atoms with Crippen molar-refractivity contribution in [1.29, 1.82) is 0 Å². The van der Waals surface area contributed by atoms with E-state index < -0.39 is 79.4 Å². The second kappa shape index (κ2) is 11.7. The standard InChI is InChI=1S/C26H33F2N4O9P/c1-13(2)39-23(35)15(4)30-42(37,41-18-8-7-17-16(21(18)27)11-14(3)31(17)6)38-12-19-22(34)26(5,28)24(40-19)32-10-9-20(33)29-25(32)36/h7-11,13,15,19,22,24,34H,12H2,1-6H3,(H,30,37)(H,29,33,36)/t15-,19+,22+,24+,26+,42-/m0/s1. The van der Waals surface area contributed by atoms with Gasteiger partial charge < -0.3 is 23.7 Å². The topological polar surface area (TPSA) is 163 Å². The van der Waals surface area contributed by atoms with Gasteiger partial charge in [0.1, 0.15) is 18.2 Å². The van der Waals surface area contributed by atoms with Crippen molar-refractivity contribution >= 4 is 24.6 Å². The lowest BCUT2D eigenvalue weighted by molar-refractivity contribution is -0.149. The molecule has 6 atom stereocenters. The minimum absolute atomic E-state index is 0.184. The number of rotatable bonds is 10. The molecule has 230 valence electrons. The van der Waals surface area contributed by atoms with Gasteiger partial charge in [-0.25, -0.2) is 18.1 Å². The summed E-state index contributed by atoms with van der Waals surface area (Å²) < 4.78 is 69.2. The number of nitrogens with zero attached hydrogens (tertiary/aromatic N) is 2. The first-order valence-corrected chi connectivity index (χ1v) is 14.6. The van der Waals surface area contributed by atoms with Crippen LogP contribution in [0.2, 0.25) is 0 Å². The molecule has 3 heterocycles. The molecule has 0 aliphatic carbocycles. The van der Waals surface area contributed by atoms with Crippen LogP contribution in [0.1, 0.15) is 39.6 Å². The molecule has 13 nitrogen and oxygen atoms in total. The van der Waals surface area contributed by atoms with Crippen LogP contribution in [0.3, 0.4) is 0 Å². The molecule has 0 saturated carbocycles. The number of ether oxygens (including phenoxy) is 2. The minimum atomic E-state index is -4.66. The Bertz CT molecular complexity index is 1650. The molecule has 0 unspecified atom stereocenters. The fourth-order valence-corrected chi connectivity index (χ4v) is 6.04. The van der Waals surface area contributed by atoms with Gasteiger partial charge >= 0.3 is 19.4 Å². The van der Waals surface area contributed by atoms with Crippen LogP contribution in [0.5, 0.6) is 5.75 Å². The van der Waals surface area contributed by atoms with Crippen LogP contribution in [0, 0.1) is 12.7 Å². The highest BCUT2D eigenvalue weighted by Gasteiger charge is 2.56. The molecule has 0 spiro atoms. The normalized spacial score (nSPS) is 24.6. The molecule has 16 heteroatoms. The average Bonchev–Trinajstić information content (AvgIpc) is 3.31. The number of aryl methyl sites for hydroxylation is 2. The summed E-state index contributed by atoms with van der Waals surface area (Å²) in [7, 11) is -2.92. The quantitative estimate of drug-likeness (QED) is 0.229. The van der Waals surface area contributed by atoms with Gasteiger partial charge in [0.25, 0.3) is 5.56 Å². The molecule has 1 aliphatic rings. The summed E-state index contributed by atoms with van der Waals surface area (Å²) in [5, 5.41) is 13.3. The highest BCUT2D eigenvalue weighted by atomic mass is 31.2. The Morgan fingerprint density at radius 3 is 2.62 bits per heavy atom. The zero-order valence-electron chi connectivity index (χ0n) is 23.8. The van der Waals surface area contributed by atoms with Crippen molar-refractivity contribution in [3.8, 4) is 5.75 Å². The fourth-order valence-electron chi connectivity index (χ4n) is 4.54. The zero-order chi connectivity index (χ0) is 31.1. The summed E-state index contributed by atoms with van der Waals surface area (Å²) in [5.41, 5.74) is -2.98. The van der Waals surface area contributed by atoms with Gasteiger partial charge in [0.05, 0.1) is 18.2 Å². The van der Waals surface area contributed by atoms with Crippen molar-refractivity contribution < 1.29 is 41.8 Å². The predicted molar refractivity (Wildman–Crippen MR) is 146 cm³/mol. The lowest BCUT2D eigenvalue weighted by atomic mass is 9.98. The van der Waals surface area contributed by atoms with Gasteiger partial charge in [0.2, 0.25) is 0 Å². The van der Waals surface area contributed by atoms with Crippen LogP contribution in [-0.4, -0.2) is 61.8 Å². The van der Waals surface area contributed by atoms with E-state index >= 15 is 8.78 Å². The summed E-state index contributed by atoms with van der Waals surface area (Å²) >= 11 is 0. The van der Waals surface area contributed by atoms with Gasteiger partial charge in [-0.1, -0.05) is 0 Å². The Hall–Kier alpha value is -3.36. The van der Waals surface area contributed by atoms with Crippen LogP contribution >= 0.6 is 7.75 Å². The fraction of sp³-hybridized carbons (Fsp3) is 0.500. The molecule has 0 bridgehead atoms. The molecule has 0 amide bonds. The second-order valence-electron chi connectivity index (χ2n) is 10.5. The molecule has 3 N–H and O–H groups in total. The van der Waals surface area contributed by atoms with E-state index in [4.69, 9.17) is 18.5 Å². The van der Waals surface area contributed by atoms with E-state index in [0.717, 1.165) is 29.4 Å². The van der Waals surface area contributed by atoms with E-state index in [2.05, 4.69) is 5.09 Å².